The first kappa shape index (κ1) is 22.7. The summed E-state index contributed by atoms with van der Waals surface area (Å²) >= 11 is 0. The van der Waals surface area contributed by atoms with Gasteiger partial charge in [-0.2, -0.15) is 4.31 Å². The number of ether oxygens (including phenoxy) is 2. The molecule has 6 aliphatic rings. The second kappa shape index (κ2) is 8.40. The Bertz CT molecular complexity index is 1030. The van der Waals surface area contributed by atoms with E-state index in [9.17, 15) is 13.2 Å². The highest BCUT2D eigenvalue weighted by Gasteiger charge is 2.53. The van der Waals surface area contributed by atoms with Gasteiger partial charge in [-0.05, 0) is 93.6 Å². The van der Waals surface area contributed by atoms with Crippen LogP contribution in [0.15, 0.2) is 23.1 Å². The Morgan fingerprint density at radius 2 is 1.59 bits per heavy atom. The number of rotatable bonds is 5. The first-order valence-corrected chi connectivity index (χ1v) is 14.5. The summed E-state index contributed by atoms with van der Waals surface area (Å²) in [6.45, 7) is 3.82. The molecule has 4 saturated carbocycles. The molecule has 7 nitrogen and oxygen atoms in total. The largest absolute Gasteiger partial charge is 0.486 e. The number of nitrogens with one attached hydrogen (secondary N) is 1. The molecule has 4 aliphatic carbocycles. The van der Waals surface area contributed by atoms with Gasteiger partial charge in [0.1, 0.15) is 13.2 Å². The van der Waals surface area contributed by atoms with Crippen LogP contribution in [-0.2, 0) is 14.8 Å². The third-order valence-corrected chi connectivity index (χ3v) is 11.2. The summed E-state index contributed by atoms with van der Waals surface area (Å²) < 4.78 is 39.0. The van der Waals surface area contributed by atoms with Crippen LogP contribution in [0.5, 0.6) is 11.5 Å². The average Bonchev–Trinajstić information content (AvgIpc) is 2.83. The quantitative estimate of drug-likeness (QED) is 0.685. The van der Waals surface area contributed by atoms with Crippen molar-refractivity contribution in [1.29, 1.82) is 0 Å². The number of hydrogen-bond donors (Lipinski definition) is 1. The Morgan fingerprint density at radius 3 is 2.21 bits per heavy atom. The predicted molar refractivity (Wildman–Crippen MR) is 127 cm³/mol. The van der Waals surface area contributed by atoms with E-state index < -0.39 is 10.0 Å². The Hall–Kier alpha value is -1.80. The standard InChI is InChI=1S/C26H36N2O5S/c1-17(26-14-18-10-19(15-26)12-20(11-18)16-26)27-25(29)21-4-6-28(7-5-21)34(30,31)22-2-3-23-24(13-22)33-9-8-32-23/h2-3,13,17-21H,4-12,14-16H2,1H3,(H,27,29)/t17-,18?,19?,20?,26?/m1/s1. The first-order valence-electron chi connectivity index (χ1n) is 13.0. The molecule has 8 heteroatoms. The van der Waals surface area contributed by atoms with Crippen LogP contribution in [0.25, 0.3) is 0 Å². The highest BCUT2D eigenvalue weighted by Crippen LogP contribution is 2.61. The number of carbonyl (C=O) groups excluding carboxylic acids is 1. The van der Waals surface area contributed by atoms with Crippen LogP contribution in [0.3, 0.4) is 0 Å². The van der Waals surface area contributed by atoms with Gasteiger partial charge in [0, 0.05) is 31.1 Å². The number of carbonyl (C=O) groups is 1. The van der Waals surface area contributed by atoms with Crippen molar-refractivity contribution < 1.29 is 22.7 Å². The summed E-state index contributed by atoms with van der Waals surface area (Å²) in [6, 6.07) is 4.99. The first-order chi connectivity index (χ1) is 16.3. The summed E-state index contributed by atoms with van der Waals surface area (Å²) in [7, 11) is -3.63. The SMILES string of the molecule is C[C@@H](NC(=O)C1CCN(S(=O)(=O)c2ccc3c(c2)OCCO3)CC1)C12CC3CC(CC(C3)C1)C2. The van der Waals surface area contributed by atoms with E-state index >= 15 is 0 Å². The molecular formula is C26H36N2O5S. The van der Waals surface area contributed by atoms with Gasteiger partial charge in [0.25, 0.3) is 0 Å². The molecule has 2 aliphatic heterocycles. The molecule has 1 amide bonds. The fourth-order valence-corrected chi connectivity index (χ4v) is 9.37. The summed E-state index contributed by atoms with van der Waals surface area (Å²) in [5.41, 5.74) is 0.284. The van der Waals surface area contributed by atoms with Crippen LogP contribution in [0.2, 0.25) is 0 Å². The zero-order chi connectivity index (χ0) is 23.5. The fraction of sp³-hybridized carbons (Fsp3) is 0.731. The van der Waals surface area contributed by atoms with Crippen molar-refractivity contribution in [3.63, 3.8) is 0 Å². The molecule has 186 valence electrons. The van der Waals surface area contributed by atoms with Gasteiger partial charge < -0.3 is 14.8 Å². The second-order valence-corrected chi connectivity index (χ2v) is 13.4. The molecule has 0 aromatic heterocycles. The Balaban J connectivity index is 1.07. The van der Waals surface area contributed by atoms with Gasteiger partial charge in [0.2, 0.25) is 15.9 Å². The zero-order valence-electron chi connectivity index (χ0n) is 20.0. The monoisotopic (exact) mass is 488 g/mol. The highest BCUT2D eigenvalue weighted by atomic mass is 32.2. The van der Waals surface area contributed by atoms with Gasteiger partial charge in [0.15, 0.2) is 11.5 Å². The smallest absolute Gasteiger partial charge is 0.243 e. The minimum Gasteiger partial charge on any atom is -0.486 e. The van der Waals surface area contributed by atoms with Crippen LogP contribution in [-0.4, -0.2) is 51.0 Å². The van der Waals surface area contributed by atoms with Gasteiger partial charge in [-0.15, -0.1) is 0 Å². The van der Waals surface area contributed by atoms with Gasteiger partial charge >= 0.3 is 0 Å². The highest BCUT2D eigenvalue weighted by molar-refractivity contribution is 7.89. The number of amides is 1. The lowest BCUT2D eigenvalue weighted by molar-refractivity contribution is -0.130. The second-order valence-electron chi connectivity index (χ2n) is 11.5. The van der Waals surface area contributed by atoms with E-state index in [1.165, 1.54) is 42.8 Å². The predicted octanol–water partition coefficient (Wildman–Crippen LogP) is 3.58. The van der Waals surface area contributed by atoms with Gasteiger partial charge in [-0.3, -0.25) is 4.79 Å². The molecule has 1 aromatic carbocycles. The van der Waals surface area contributed by atoms with Gasteiger partial charge in [-0.25, -0.2) is 8.42 Å². The lowest BCUT2D eigenvalue weighted by Crippen LogP contribution is -2.56. The molecule has 2 heterocycles. The van der Waals surface area contributed by atoms with Crippen LogP contribution in [0.1, 0.15) is 58.3 Å². The molecule has 0 unspecified atom stereocenters. The Morgan fingerprint density at radius 1 is 1.00 bits per heavy atom. The average molecular weight is 489 g/mol. The van der Waals surface area contributed by atoms with Crippen molar-refractivity contribution >= 4 is 15.9 Å². The third kappa shape index (κ3) is 3.91. The van der Waals surface area contributed by atoms with Gasteiger partial charge in [0.05, 0.1) is 4.90 Å². The number of piperidine rings is 1. The molecule has 0 spiro atoms. The van der Waals surface area contributed by atoms with Gasteiger partial charge in [-0.1, -0.05) is 0 Å². The zero-order valence-corrected chi connectivity index (χ0v) is 20.8. The number of nitrogens with zero attached hydrogens (tertiary/aromatic N) is 1. The molecule has 1 atom stereocenters. The molecule has 34 heavy (non-hydrogen) atoms. The molecular weight excluding hydrogens is 452 g/mol. The summed E-state index contributed by atoms with van der Waals surface area (Å²) in [4.78, 5) is 13.4. The molecule has 1 N–H and O–H groups in total. The van der Waals surface area contributed by atoms with Crippen molar-refractivity contribution in [2.24, 2.45) is 29.1 Å². The van der Waals surface area contributed by atoms with Crippen LogP contribution in [0, 0.1) is 29.1 Å². The minimum atomic E-state index is -3.63. The van der Waals surface area contributed by atoms with E-state index in [1.54, 1.807) is 18.2 Å². The van der Waals surface area contributed by atoms with Crippen molar-refractivity contribution in [1.82, 2.24) is 9.62 Å². The van der Waals surface area contributed by atoms with Crippen LogP contribution >= 0.6 is 0 Å². The van der Waals surface area contributed by atoms with Crippen molar-refractivity contribution in [2.45, 2.75) is 69.2 Å². The maximum absolute atomic E-state index is 13.2. The normalized spacial score (nSPS) is 34.1. The number of fused-ring (bicyclic) bond motifs is 1. The topological polar surface area (TPSA) is 84.9 Å². The molecule has 1 saturated heterocycles. The minimum absolute atomic E-state index is 0.111. The third-order valence-electron chi connectivity index (χ3n) is 9.34. The molecule has 1 aromatic rings. The van der Waals surface area contributed by atoms with E-state index in [2.05, 4.69) is 12.2 Å². The molecule has 4 bridgehead atoms. The van der Waals surface area contributed by atoms with E-state index in [0.29, 0.717) is 50.6 Å². The maximum Gasteiger partial charge on any atom is 0.243 e. The summed E-state index contributed by atoms with van der Waals surface area (Å²) in [6.07, 6.45) is 9.13. The Labute approximate surface area is 202 Å². The van der Waals surface area contributed by atoms with Crippen molar-refractivity contribution in [3.05, 3.63) is 18.2 Å². The van der Waals surface area contributed by atoms with E-state index in [1.807, 2.05) is 0 Å². The molecule has 7 rings (SSSR count). The van der Waals surface area contributed by atoms with Crippen molar-refractivity contribution in [3.8, 4) is 11.5 Å². The number of sulfonamides is 1. The van der Waals surface area contributed by atoms with Crippen LogP contribution < -0.4 is 14.8 Å². The van der Waals surface area contributed by atoms with Crippen molar-refractivity contribution in [2.75, 3.05) is 26.3 Å². The maximum atomic E-state index is 13.2. The Kier molecular flexibility index (Phi) is 5.60. The van der Waals surface area contributed by atoms with E-state index in [-0.39, 0.29) is 28.2 Å². The molecule has 5 fully saturated rings. The summed E-state index contributed by atoms with van der Waals surface area (Å²) in [5, 5.41) is 3.39. The molecule has 0 radical (unpaired) electrons. The van der Waals surface area contributed by atoms with E-state index in [0.717, 1.165) is 17.8 Å². The lowest BCUT2D eigenvalue weighted by Gasteiger charge is -2.59. The number of benzene rings is 1. The van der Waals surface area contributed by atoms with E-state index in [4.69, 9.17) is 9.47 Å². The van der Waals surface area contributed by atoms with Crippen LogP contribution in [0.4, 0.5) is 0 Å². The summed E-state index contributed by atoms with van der Waals surface area (Å²) in [5.74, 6) is 3.62. The lowest BCUT2D eigenvalue weighted by atomic mass is 9.48. The number of hydrogen-bond acceptors (Lipinski definition) is 5. The fourth-order valence-electron chi connectivity index (χ4n) is 7.88.